The maximum atomic E-state index is 11.3. The summed E-state index contributed by atoms with van der Waals surface area (Å²) in [6.45, 7) is 2.73. The van der Waals surface area contributed by atoms with E-state index in [9.17, 15) is 14.7 Å². The SMILES string of the molecule is CC(NC(=O)NCC(C)(O)C(=O)O)C1CC1. The third-order valence-electron chi connectivity index (χ3n) is 2.74. The molecule has 0 aromatic rings. The van der Waals surface area contributed by atoms with Crippen LogP contribution in [0.4, 0.5) is 4.79 Å². The second-order valence-corrected chi connectivity index (χ2v) is 4.53. The number of aliphatic hydroxyl groups is 1. The zero-order valence-corrected chi connectivity index (χ0v) is 9.49. The molecule has 1 aliphatic rings. The number of carboxylic acid groups (broad SMARTS) is 1. The van der Waals surface area contributed by atoms with Crippen LogP contribution in [-0.2, 0) is 4.79 Å². The van der Waals surface area contributed by atoms with Crippen molar-refractivity contribution in [3.8, 4) is 0 Å². The average Bonchev–Trinajstić information content (AvgIpc) is 2.97. The van der Waals surface area contributed by atoms with Crippen LogP contribution < -0.4 is 10.6 Å². The molecule has 0 spiro atoms. The summed E-state index contributed by atoms with van der Waals surface area (Å²) in [5.41, 5.74) is -1.93. The predicted octanol–water partition coefficient (Wildman–Crippen LogP) is -0.0803. The van der Waals surface area contributed by atoms with E-state index < -0.39 is 17.6 Å². The molecule has 0 saturated heterocycles. The molecule has 1 rings (SSSR count). The summed E-state index contributed by atoms with van der Waals surface area (Å²) in [5.74, 6) is -0.825. The molecule has 2 atom stereocenters. The van der Waals surface area contributed by atoms with Crippen LogP contribution >= 0.6 is 0 Å². The van der Waals surface area contributed by atoms with Crippen LogP contribution in [0.25, 0.3) is 0 Å². The van der Waals surface area contributed by atoms with Crippen molar-refractivity contribution in [1.29, 1.82) is 0 Å². The molecule has 0 aromatic carbocycles. The fourth-order valence-corrected chi connectivity index (χ4v) is 1.30. The van der Waals surface area contributed by atoms with Gasteiger partial charge in [-0.25, -0.2) is 9.59 Å². The van der Waals surface area contributed by atoms with Crippen LogP contribution in [0.1, 0.15) is 26.7 Å². The minimum Gasteiger partial charge on any atom is -0.479 e. The van der Waals surface area contributed by atoms with Crippen molar-refractivity contribution in [2.45, 2.75) is 38.3 Å². The normalized spacial score (nSPS) is 20.7. The largest absolute Gasteiger partial charge is 0.479 e. The van der Waals surface area contributed by atoms with E-state index in [-0.39, 0.29) is 12.6 Å². The van der Waals surface area contributed by atoms with Gasteiger partial charge in [-0.3, -0.25) is 0 Å². The molecular weight excluding hydrogens is 212 g/mol. The molecule has 1 saturated carbocycles. The number of urea groups is 1. The highest BCUT2D eigenvalue weighted by atomic mass is 16.4. The van der Waals surface area contributed by atoms with Gasteiger partial charge in [-0.2, -0.15) is 0 Å². The summed E-state index contributed by atoms with van der Waals surface area (Å²) in [7, 11) is 0. The van der Waals surface area contributed by atoms with Gasteiger partial charge in [-0.05, 0) is 32.6 Å². The van der Waals surface area contributed by atoms with E-state index in [4.69, 9.17) is 5.11 Å². The molecule has 92 valence electrons. The van der Waals surface area contributed by atoms with Gasteiger partial charge in [-0.15, -0.1) is 0 Å². The Morgan fingerprint density at radius 3 is 2.50 bits per heavy atom. The van der Waals surface area contributed by atoms with Crippen molar-refractivity contribution < 1.29 is 19.8 Å². The quantitative estimate of drug-likeness (QED) is 0.531. The van der Waals surface area contributed by atoms with E-state index in [0.29, 0.717) is 5.92 Å². The number of carbonyl (C=O) groups is 2. The van der Waals surface area contributed by atoms with Crippen molar-refractivity contribution in [2.24, 2.45) is 5.92 Å². The van der Waals surface area contributed by atoms with Gasteiger partial charge in [0, 0.05) is 6.04 Å². The lowest BCUT2D eigenvalue weighted by molar-refractivity contribution is -0.155. The zero-order valence-electron chi connectivity index (χ0n) is 9.49. The second kappa shape index (κ2) is 4.69. The van der Waals surface area contributed by atoms with Crippen LogP contribution in [0.3, 0.4) is 0 Å². The van der Waals surface area contributed by atoms with Gasteiger partial charge in [0.15, 0.2) is 5.60 Å². The average molecular weight is 230 g/mol. The number of carbonyl (C=O) groups excluding carboxylic acids is 1. The molecular formula is C10H18N2O4. The number of rotatable bonds is 5. The first-order valence-electron chi connectivity index (χ1n) is 5.33. The third-order valence-corrected chi connectivity index (χ3v) is 2.74. The summed E-state index contributed by atoms with van der Waals surface area (Å²) < 4.78 is 0. The Morgan fingerprint density at radius 2 is 2.06 bits per heavy atom. The Hall–Kier alpha value is -1.30. The molecule has 0 bridgehead atoms. The van der Waals surface area contributed by atoms with E-state index in [1.807, 2.05) is 6.92 Å². The van der Waals surface area contributed by atoms with Crippen molar-refractivity contribution in [2.75, 3.05) is 6.54 Å². The first kappa shape index (κ1) is 12.8. The van der Waals surface area contributed by atoms with E-state index >= 15 is 0 Å². The Kier molecular flexibility index (Phi) is 3.74. The highest BCUT2D eigenvalue weighted by Gasteiger charge is 2.32. The van der Waals surface area contributed by atoms with E-state index in [1.54, 1.807) is 0 Å². The molecule has 0 heterocycles. The topological polar surface area (TPSA) is 98.7 Å². The summed E-state index contributed by atoms with van der Waals surface area (Å²) in [6, 6.07) is -0.351. The highest BCUT2D eigenvalue weighted by Crippen LogP contribution is 2.32. The third kappa shape index (κ3) is 3.69. The van der Waals surface area contributed by atoms with Crippen LogP contribution in [0.2, 0.25) is 0 Å². The zero-order chi connectivity index (χ0) is 12.3. The van der Waals surface area contributed by atoms with Crippen molar-refractivity contribution in [1.82, 2.24) is 10.6 Å². The lowest BCUT2D eigenvalue weighted by atomic mass is 10.1. The van der Waals surface area contributed by atoms with E-state index in [2.05, 4.69) is 10.6 Å². The van der Waals surface area contributed by atoms with Gasteiger partial charge in [0.1, 0.15) is 0 Å². The van der Waals surface area contributed by atoms with Crippen LogP contribution in [0.15, 0.2) is 0 Å². The minimum atomic E-state index is -1.93. The number of carboxylic acids is 1. The molecule has 6 heteroatoms. The first-order chi connectivity index (χ1) is 7.33. The Bertz CT molecular complexity index is 287. The van der Waals surface area contributed by atoms with Gasteiger partial charge in [-0.1, -0.05) is 0 Å². The molecule has 1 aliphatic carbocycles. The van der Waals surface area contributed by atoms with Gasteiger partial charge >= 0.3 is 12.0 Å². The molecule has 4 N–H and O–H groups in total. The molecule has 6 nitrogen and oxygen atoms in total. The fourth-order valence-electron chi connectivity index (χ4n) is 1.30. The number of aliphatic carboxylic acids is 1. The minimum absolute atomic E-state index is 0.0924. The molecule has 0 radical (unpaired) electrons. The standard InChI is InChI=1S/C10H18N2O4/c1-6(7-3-4-7)12-9(15)11-5-10(2,16)8(13)14/h6-7,16H,3-5H2,1-2H3,(H,13,14)(H2,11,12,15). The molecule has 2 amide bonds. The maximum Gasteiger partial charge on any atom is 0.337 e. The monoisotopic (exact) mass is 230 g/mol. The Labute approximate surface area is 94.0 Å². The molecule has 1 fully saturated rings. The molecule has 0 aliphatic heterocycles. The number of amides is 2. The van der Waals surface area contributed by atoms with Crippen LogP contribution in [0, 0.1) is 5.92 Å². The maximum absolute atomic E-state index is 11.3. The van der Waals surface area contributed by atoms with Gasteiger partial charge < -0.3 is 20.8 Å². The fraction of sp³-hybridized carbons (Fsp3) is 0.800. The first-order valence-corrected chi connectivity index (χ1v) is 5.33. The summed E-state index contributed by atoms with van der Waals surface area (Å²) in [4.78, 5) is 21.9. The van der Waals surface area contributed by atoms with Crippen molar-refractivity contribution in [3.05, 3.63) is 0 Å². The summed E-state index contributed by atoms with van der Waals surface area (Å²) >= 11 is 0. The lowest BCUT2D eigenvalue weighted by Crippen LogP contribution is -2.50. The summed E-state index contributed by atoms with van der Waals surface area (Å²) in [5, 5.41) is 23.0. The highest BCUT2D eigenvalue weighted by molar-refractivity contribution is 5.79. The number of hydrogen-bond acceptors (Lipinski definition) is 3. The lowest BCUT2D eigenvalue weighted by Gasteiger charge is -2.20. The molecule has 16 heavy (non-hydrogen) atoms. The molecule has 0 aromatic heterocycles. The smallest absolute Gasteiger partial charge is 0.337 e. The van der Waals surface area contributed by atoms with Crippen molar-refractivity contribution in [3.63, 3.8) is 0 Å². The van der Waals surface area contributed by atoms with Crippen molar-refractivity contribution >= 4 is 12.0 Å². The van der Waals surface area contributed by atoms with E-state index in [0.717, 1.165) is 19.8 Å². The number of nitrogens with one attached hydrogen (secondary N) is 2. The molecule has 2 unspecified atom stereocenters. The van der Waals surface area contributed by atoms with E-state index in [1.165, 1.54) is 0 Å². The van der Waals surface area contributed by atoms with Gasteiger partial charge in [0.2, 0.25) is 0 Å². The van der Waals surface area contributed by atoms with Crippen LogP contribution in [0.5, 0.6) is 0 Å². The van der Waals surface area contributed by atoms with Gasteiger partial charge in [0.05, 0.1) is 6.54 Å². The Balaban J connectivity index is 2.26. The Morgan fingerprint density at radius 1 is 1.50 bits per heavy atom. The van der Waals surface area contributed by atoms with Gasteiger partial charge in [0.25, 0.3) is 0 Å². The number of hydrogen-bond donors (Lipinski definition) is 4. The predicted molar refractivity (Wildman–Crippen MR) is 57.0 cm³/mol. The summed E-state index contributed by atoms with van der Waals surface area (Å²) in [6.07, 6.45) is 2.24. The van der Waals surface area contributed by atoms with Crippen LogP contribution in [-0.4, -0.2) is 40.4 Å². The second-order valence-electron chi connectivity index (χ2n) is 4.53.